The molecule has 0 spiro atoms. The van der Waals surface area contributed by atoms with E-state index in [9.17, 15) is 13.2 Å². The first-order valence-corrected chi connectivity index (χ1v) is 13.1. The minimum Gasteiger partial charge on any atom is -0.322 e. The maximum Gasteiger partial charge on any atom is 0.255 e. The van der Waals surface area contributed by atoms with Gasteiger partial charge in [-0.05, 0) is 86.7 Å². The van der Waals surface area contributed by atoms with Gasteiger partial charge in [-0.25, -0.2) is 13.1 Å². The monoisotopic (exact) mass is 477 g/mol. The Labute approximate surface area is 201 Å². The molecule has 34 heavy (non-hydrogen) atoms. The van der Waals surface area contributed by atoms with Crippen molar-refractivity contribution in [3.63, 3.8) is 0 Å². The molecule has 6 nitrogen and oxygen atoms in total. The van der Waals surface area contributed by atoms with Crippen LogP contribution in [0.25, 0.3) is 0 Å². The molecule has 0 aromatic heterocycles. The standard InChI is InChI=1S/C27H31N3O3S/c1-19-8-6-7-11-24(19)27(31)29-25-13-12-23(18-20(25)2)34(32,33)30-26(21-9-4-3-5-10-21)22-14-16-28-17-15-22/h3-13,18,22,26,28,30H,14-17H2,1-2H3,(H,29,31). The average molecular weight is 478 g/mol. The lowest BCUT2D eigenvalue weighted by Crippen LogP contribution is -2.38. The molecule has 1 atom stereocenters. The second-order valence-corrected chi connectivity index (χ2v) is 10.6. The molecule has 4 rings (SSSR count). The van der Waals surface area contributed by atoms with Gasteiger partial charge in [-0.3, -0.25) is 4.79 Å². The molecule has 0 bridgehead atoms. The van der Waals surface area contributed by atoms with E-state index in [-0.39, 0.29) is 22.8 Å². The second kappa shape index (κ2) is 10.5. The Morgan fingerprint density at radius 3 is 2.26 bits per heavy atom. The van der Waals surface area contributed by atoms with Crippen LogP contribution < -0.4 is 15.4 Å². The molecular formula is C27H31N3O3S. The Morgan fingerprint density at radius 2 is 1.59 bits per heavy atom. The van der Waals surface area contributed by atoms with E-state index in [0.717, 1.165) is 37.1 Å². The van der Waals surface area contributed by atoms with Crippen molar-refractivity contribution in [2.75, 3.05) is 18.4 Å². The van der Waals surface area contributed by atoms with Gasteiger partial charge in [0.15, 0.2) is 0 Å². The topological polar surface area (TPSA) is 87.3 Å². The fraction of sp³-hybridized carbons (Fsp3) is 0.296. The lowest BCUT2D eigenvalue weighted by Gasteiger charge is -2.31. The number of hydrogen-bond donors (Lipinski definition) is 3. The van der Waals surface area contributed by atoms with Crippen LogP contribution in [-0.4, -0.2) is 27.4 Å². The smallest absolute Gasteiger partial charge is 0.255 e. The van der Waals surface area contributed by atoms with Gasteiger partial charge in [0.1, 0.15) is 0 Å². The zero-order chi connectivity index (χ0) is 24.1. The van der Waals surface area contributed by atoms with Crippen LogP contribution in [0.5, 0.6) is 0 Å². The number of anilines is 1. The van der Waals surface area contributed by atoms with Crippen molar-refractivity contribution in [3.05, 3.63) is 95.1 Å². The zero-order valence-electron chi connectivity index (χ0n) is 19.5. The maximum absolute atomic E-state index is 13.4. The summed E-state index contributed by atoms with van der Waals surface area (Å²) in [5, 5.41) is 6.25. The van der Waals surface area contributed by atoms with Crippen LogP contribution in [0.3, 0.4) is 0 Å². The van der Waals surface area contributed by atoms with E-state index in [1.165, 1.54) is 0 Å². The molecule has 0 aliphatic carbocycles. The minimum atomic E-state index is -3.77. The predicted octanol–water partition coefficient (Wildman–Crippen LogP) is 4.57. The van der Waals surface area contributed by atoms with E-state index in [0.29, 0.717) is 16.8 Å². The molecule has 1 aliphatic heterocycles. The van der Waals surface area contributed by atoms with Gasteiger partial charge in [0.2, 0.25) is 10.0 Å². The fourth-order valence-electron chi connectivity index (χ4n) is 4.47. The number of aryl methyl sites for hydroxylation is 2. The van der Waals surface area contributed by atoms with Crippen molar-refractivity contribution in [2.24, 2.45) is 5.92 Å². The van der Waals surface area contributed by atoms with Crippen molar-refractivity contribution in [2.45, 2.75) is 37.6 Å². The largest absolute Gasteiger partial charge is 0.322 e. The lowest BCUT2D eigenvalue weighted by atomic mass is 9.87. The van der Waals surface area contributed by atoms with Crippen LogP contribution in [0.2, 0.25) is 0 Å². The highest BCUT2D eigenvalue weighted by atomic mass is 32.2. The molecular weight excluding hydrogens is 446 g/mol. The van der Waals surface area contributed by atoms with E-state index in [2.05, 4.69) is 15.4 Å². The highest BCUT2D eigenvalue weighted by Crippen LogP contribution is 2.31. The molecule has 7 heteroatoms. The van der Waals surface area contributed by atoms with Crippen molar-refractivity contribution in [1.82, 2.24) is 10.0 Å². The number of piperidine rings is 1. The van der Waals surface area contributed by atoms with Crippen molar-refractivity contribution in [3.8, 4) is 0 Å². The third kappa shape index (κ3) is 5.55. The van der Waals surface area contributed by atoms with Crippen molar-refractivity contribution < 1.29 is 13.2 Å². The second-order valence-electron chi connectivity index (χ2n) is 8.84. The molecule has 3 aromatic carbocycles. The van der Waals surface area contributed by atoms with Gasteiger partial charge in [0.25, 0.3) is 5.91 Å². The maximum atomic E-state index is 13.4. The Kier molecular flexibility index (Phi) is 7.46. The van der Waals surface area contributed by atoms with Gasteiger partial charge in [0, 0.05) is 17.3 Å². The number of nitrogens with one attached hydrogen (secondary N) is 3. The number of carbonyl (C=O) groups is 1. The summed E-state index contributed by atoms with van der Waals surface area (Å²) in [6.07, 6.45) is 1.82. The van der Waals surface area contributed by atoms with Crippen LogP contribution in [0, 0.1) is 19.8 Å². The first-order chi connectivity index (χ1) is 16.3. The van der Waals surface area contributed by atoms with Crippen LogP contribution >= 0.6 is 0 Å². The summed E-state index contributed by atoms with van der Waals surface area (Å²) in [6, 6.07) is 21.6. The Hall–Kier alpha value is -3.00. The molecule has 1 amide bonds. The molecule has 178 valence electrons. The summed E-state index contributed by atoms with van der Waals surface area (Å²) in [6.45, 7) is 5.44. The van der Waals surface area contributed by atoms with Gasteiger partial charge >= 0.3 is 0 Å². The van der Waals surface area contributed by atoms with Gasteiger partial charge < -0.3 is 10.6 Å². The number of benzene rings is 3. The minimum absolute atomic E-state index is 0.189. The summed E-state index contributed by atoms with van der Waals surface area (Å²) in [5.41, 5.74) is 3.71. The van der Waals surface area contributed by atoms with Crippen LogP contribution in [0.4, 0.5) is 5.69 Å². The Bertz CT molecular complexity index is 1250. The van der Waals surface area contributed by atoms with Gasteiger partial charge in [-0.1, -0.05) is 48.5 Å². The van der Waals surface area contributed by atoms with Crippen molar-refractivity contribution >= 4 is 21.6 Å². The van der Waals surface area contributed by atoms with E-state index >= 15 is 0 Å². The van der Waals surface area contributed by atoms with Crippen LogP contribution in [0.1, 0.15) is 45.9 Å². The summed E-state index contributed by atoms with van der Waals surface area (Å²) >= 11 is 0. The molecule has 3 N–H and O–H groups in total. The SMILES string of the molecule is Cc1cc(S(=O)(=O)NC(c2ccccc2)C2CCNCC2)ccc1NC(=O)c1ccccc1C. The van der Waals surface area contributed by atoms with Gasteiger partial charge in [0.05, 0.1) is 4.90 Å². The molecule has 0 saturated carbocycles. The Morgan fingerprint density at radius 1 is 0.912 bits per heavy atom. The van der Waals surface area contributed by atoms with Crippen LogP contribution in [-0.2, 0) is 10.0 Å². The van der Waals surface area contributed by atoms with E-state index in [4.69, 9.17) is 0 Å². The van der Waals surface area contributed by atoms with Gasteiger partial charge in [-0.2, -0.15) is 0 Å². The summed E-state index contributed by atoms with van der Waals surface area (Å²) in [5.74, 6) is -0.00261. The molecule has 1 aliphatic rings. The Balaban J connectivity index is 1.56. The highest BCUT2D eigenvalue weighted by Gasteiger charge is 2.29. The third-order valence-electron chi connectivity index (χ3n) is 6.44. The van der Waals surface area contributed by atoms with E-state index in [1.54, 1.807) is 31.2 Å². The molecule has 1 fully saturated rings. The first kappa shape index (κ1) is 24.1. The summed E-state index contributed by atoms with van der Waals surface area (Å²) in [7, 11) is -3.77. The quantitative estimate of drug-likeness (QED) is 0.465. The van der Waals surface area contributed by atoms with Crippen LogP contribution in [0.15, 0.2) is 77.7 Å². The number of carbonyl (C=O) groups excluding carboxylic acids is 1. The fourth-order valence-corrected chi connectivity index (χ4v) is 5.85. The van der Waals surface area contributed by atoms with E-state index in [1.807, 2.05) is 55.5 Å². The predicted molar refractivity (Wildman–Crippen MR) is 135 cm³/mol. The van der Waals surface area contributed by atoms with E-state index < -0.39 is 10.0 Å². The molecule has 3 aromatic rings. The number of amides is 1. The molecule has 0 radical (unpaired) electrons. The lowest BCUT2D eigenvalue weighted by molar-refractivity contribution is 0.102. The number of rotatable bonds is 7. The van der Waals surface area contributed by atoms with Crippen molar-refractivity contribution in [1.29, 1.82) is 0 Å². The molecule has 1 saturated heterocycles. The summed E-state index contributed by atoms with van der Waals surface area (Å²) < 4.78 is 29.8. The average Bonchev–Trinajstić information content (AvgIpc) is 2.85. The first-order valence-electron chi connectivity index (χ1n) is 11.6. The molecule has 1 heterocycles. The normalized spacial score (nSPS) is 15.6. The zero-order valence-corrected chi connectivity index (χ0v) is 20.4. The van der Waals surface area contributed by atoms with Gasteiger partial charge in [-0.15, -0.1) is 0 Å². The molecule has 1 unspecified atom stereocenters. The number of sulfonamides is 1. The highest BCUT2D eigenvalue weighted by molar-refractivity contribution is 7.89. The summed E-state index contributed by atoms with van der Waals surface area (Å²) in [4.78, 5) is 12.9. The third-order valence-corrected chi connectivity index (χ3v) is 7.88. The number of hydrogen-bond acceptors (Lipinski definition) is 4.